The average Bonchev–Trinajstić information content (AvgIpc) is 2.67. The number of carbonyl (C=O) groups excluding carboxylic acids is 1. The van der Waals surface area contributed by atoms with Gasteiger partial charge in [-0.05, 0) is 43.5 Å². The van der Waals surface area contributed by atoms with Gasteiger partial charge in [-0.2, -0.15) is 0 Å². The van der Waals surface area contributed by atoms with Crippen molar-refractivity contribution in [2.45, 2.75) is 43.5 Å². The monoisotopic (exact) mass is 468 g/mol. The van der Waals surface area contributed by atoms with Gasteiger partial charge in [-0.25, -0.2) is 4.79 Å². The Morgan fingerprint density at radius 1 is 1.10 bits per heavy atom. The van der Waals surface area contributed by atoms with Gasteiger partial charge in [-0.3, -0.25) is 20.2 Å². The molecule has 0 fully saturated rings. The molecule has 31 heavy (non-hydrogen) atoms. The first kappa shape index (κ1) is 24.3. The van der Waals surface area contributed by atoms with Gasteiger partial charge in [0.25, 0.3) is 0 Å². The Morgan fingerprint density at radius 3 is 2.26 bits per heavy atom. The normalized spacial score (nSPS) is 10.6. The summed E-state index contributed by atoms with van der Waals surface area (Å²) in [7, 11) is 0. The van der Waals surface area contributed by atoms with Crippen LogP contribution in [0.4, 0.5) is 21.9 Å². The van der Waals surface area contributed by atoms with Crippen molar-refractivity contribution in [1.29, 1.82) is 0 Å². The topological polar surface area (TPSA) is 144 Å². The third-order valence-corrected chi connectivity index (χ3v) is 5.20. The van der Waals surface area contributed by atoms with Crippen LogP contribution in [0, 0.1) is 27.2 Å². The molecule has 0 saturated heterocycles. The van der Waals surface area contributed by atoms with E-state index < -0.39 is 26.4 Å². The number of anilines is 1. The van der Waals surface area contributed by atoms with Gasteiger partial charge in [0.2, 0.25) is 10.2 Å². The van der Waals surface area contributed by atoms with E-state index in [4.69, 9.17) is 11.6 Å². The second-order valence-corrected chi connectivity index (χ2v) is 7.98. The molecular weight excluding hydrogens is 448 g/mol. The van der Waals surface area contributed by atoms with Gasteiger partial charge in [0.15, 0.2) is 0 Å². The Bertz CT molecular complexity index is 1000. The number of aromatic nitrogens is 2. The number of halogens is 1. The van der Waals surface area contributed by atoms with Crippen LogP contribution in [0.15, 0.2) is 28.1 Å². The lowest BCUT2D eigenvalue weighted by atomic mass is 10.2. The fourth-order valence-corrected chi connectivity index (χ4v) is 4.03. The average molecular weight is 469 g/mol. The minimum Gasteiger partial charge on any atom is -0.325 e. The van der Waals surface area contributed by atoms with Gasteiger partial charge in [0.05, 0.1) is 9.85 Å². The molecule has 0 spiro atoms. The Labute approximate surface area is 187 Å². The van der Waals surface area contributed by atoms with Crippen LogP contribution < -0.4 is 5.32 Å². The van der Waals surface area contributed by atoms with Crippen LogP contribution in [0.1, 0.15) is 32.3 Å². The minimum atomic E-state index is -0.961. The molecular formula is C18H21ClN6O5S. The van der Waals surface area contributed by atoms with Gasteiger partial charge in [-0.1, -0.05) is 37.2 Å². The van der Waals surface area contributed by atoms with Crippen molar-refractivity contribution in [2.24, 2.45) is 0 Å². The van der Waals surface area contributed by atoms with Crippen LogP contribution in [-0.2, 0) is 0 Å². The Kier molecular flexibility index (Phi) is 8.51. The smallest absolute Gasteiger partial charge is 0.325 e. The maximum atomic E-state index is 12.6. The van der Waals surface area contributed by atoms with Crippen molar-refractivity contribution in [3.63, 3.8) is 0 Å². The highest BCUT2D eigenvalue weighted by atomic mass is 35.5. The van der Waals surface area contributed by atoms with E-state index in [1.807, 2.05) is 13.8 Å². The van der Waals surface area contributed by atoms with Gasteiger partial charge in [-0.15, -0.1) is 10.2 Å². The quantitative estimate of drug-likeness (QED) is 0.397. The van der Waals surface area contributed by atoms with Crippen molar-refractivity contribution >= 4 is 46.5 Å². The molecule has 1 heterocycles. The Morgan fingerprint density at radius 2 is 1.71 bits per heavy atom. The summed E-state index contributed by atoms with van der Waals surface area (Å²) in [5.41, 5.74) is -0.486. The number of benzene rings is 1. The maximum Gasteiger partial charge on any atom is 0.387 e. The molecule has 2 aromatic rings. The third kappa shape index (κ3) is 6.25. The molecule has 0 radical (unpaired) electrons. The second-order valence-electron chi connectivity index (χ2n) is 6.56. The fourth-order valence-electron chi connectivity index (χ4n) is 2.83. The number of aryl methyl sites for hydroxylation is 1. The van der Waals surface area contributed by atoms with E-state index in [1.54, 1.807) is 30.0 Å². The number of hydrogen-bond donors (Lipinski definition) is 1. The zero-order valence-corrected chi connectivity index (χ0v) is 18.7. The van der Waals surface area contributed by atoms with Gasteiger partial charge < -0.3 is 10.2 Å². The summed E-state index contributed by atoms with van der Waals surface area (Å²) in [6, 6.07) is 4.82. The number of hydrogen-bond acceptors (Lipinski definition) is 8. The number of urea groups is 1. The number of rotatable bonds is 9. The van der Waals surface area contributed by atoms with Crippen LogP contribution in [0.2, 0.25) is 5.15 Å². The largest absolute Gasteiger partial charge is 0.387 e. The lowest BCUT2D eigenvalue weighted by molar-refractivity contribution is -0.425. The molecule has 11 nitrogen and oxygen atoms in total. The molecule has 0 bridgehead atoms. The minimum absolute atomic E-state index is 0.252. The molecule has 13 heteroatoms. The van der Waals surface area contributed by atoms with Crippen molar-refractivity contribution in [2.75, 3.05) is 18.4 Å². The molecule has 0 aliphatic heterocycles. The molecule has 2 rings (SSSR count). The first-order valence-electron chi connectivity index (χ1n) is 9.38. The third-order valence-electron chi connectivity index (χ3n) is 4.01. The molecule has 1 aromatic carbocycles. The molecule has 1 N–H and O–H groups in total. The van der Waals surface area contributed by atoms with E-state index in [0.29, 0.717) is 23.7 Å². The highest BCUT2D eigenvalue weighted by molar-refractivity contribution is 7.99. The Balaban J connectivity index is 2.37. The van der Waals surface area contributed by atoms with Crippen LogP contribution in [0.3, 0.4) is 0 Å². The summed E-state index contributed by atoms with van der Waals surface area (Å²) >= 11 is 6.47. The summed E-state index contributed by atoms with van der Waals surface area (Å²) in [5, 5.41) is 31.7. The fraction of sp³-hybridized carbons (Fsp3) is 0.389. The molecule has 0 atom stereocenters. The lowest BCUT2D eigenvalue weighted by Crippen LogP contribution is -2.36. The number of nitrogens with one attached hydrogen (secondary N) is 1. The highest BCUT2D eigenvalue weighted by Gasteiger charge is 2.35. The van der Waals surface area contributed by atoms with E-state index in [-0.39, 0.29) is 11.1 Å². The molecule has 0 aliphatic carbocycles. The van der Waals surface area contributed by atoms with Gasteiger partial charge in [0, 0.05) is 23.7 Å². The molecule has 1 aromatic heterocycles. The summed E-state index contributed by atoms with van der Waals surface area (Å²) in [5.74, 6) is 0. The summed E-state index contributed by atoms with van der Waals surface area (Å²) in [6.45, 7) is 6.99. The summed E-state index contributed by atoms with van der Waals surface area (Å²) in [4.78, 5) is 35.6. The molecule has 166 valence electrons. The number of carbonyl (C=O) groups is 1. The first-order chi connectivity index (χ1) is 14.7. The van der Waals surface area contributed by atoms with Crippen LogP contribution in [0.25, 0.3) is 0 Å². The second kappa shape index (κ2) is 10.9. The van der Waals surface area contributed by atoms with Crippen LogP contribution in [-0.4, -0.2) is 44.1 Å². The predicted molar refractivity (Wildman–Crippen MR) is 117 cm³/mol. The molecule has 0 saturated carbocycles. The SMILES string of the molecule is CCCN(CCC)C(=O)Nc1cc(C)cc(Sc2nnc(Cl)c([N+](=O)[O-])c2[N+](=O)[O-])c1. The van der Waals surface area contributed by atoms with Gasteiger partial charge >= 0.3 is 17.4 Å². The number of nitro groups is 2. The standard InChI is InChI=1S/C18H21ClN6O5S/c1-4-6-23(7-5-2)18(26)20-12-8-11(3)9-13(10-12)31-17-15(25(29)30)14(24(27)28)16(19)21-22-17/h8-10H,4-7H2,1-3H3,(H,20,26). The zero-order chi connectivity index (χ0) is 23.1. The molecule has 0 aliphatic rings. The highest BCUT2D eigenvalue weighted by Crippen LogP contribution is 2.41. The van der Waals surface area contributed by atoms with E-state index in [1.165, 1.54) is 0 Å². The summed E-state index contributed by atoms with van der Waals surface area (Å²) < 4.78 is 0. The lowest BCUT2D eigenvalue weighted by Gasteiger charge is -2.22. The van der Waals surface area contributed by atoms with Crippen LogP contribution in [0.5, 0.6) is 0 Å². The van der Waals surface area contributed by atoms with Crippen LogP contribution >= 0.6 is 23.4 Å². The number of amides is 2. The summed E-state index contributed by atoms with van der Waals surface area (Å²) in [6.07, 6.45) is 1.64. The van der Waals surface area contributed by atoms with Crippen molar-refractivity contribution in [3.05, 3.63) is 49.1 Å². The predicted octanol–water partition coefficient (Wildman–Crippen LogP) is 5.06. The number of nitrogens with zero attached hydrogens (tertiary/aromatic N) is 5. The van der Waals surface area contributed by atoms with E-state index >= 15 is 0 Å². The van der Waals surface area contributed by atoms with E-state index in [2.05, 4.69) is 15.5 Å². The van der Waals surface area contributed by atoms with E-state index in [0.717, 1.165) is 30.2 Å². The van der Waals surface area contributed by atoms with Gasteiger partial charge in [0.1, 0.15) is 0 Å². The van der Waals surface area contributed by atoms with Crippen molar-refractivity contribution < 1.29 is 14.6 Å². The molecule has 2 amide bonds. The Hall–Kier alpha value is -2.99. The van der Waals surface area contributed by atoms with Crippen molar-refractivity contribution in [3.8, 4) is 0 Å². The zero-order valence-electron chi connectivity index (χ0n) is 17.1. The van der Waals surface area contributed by atoms with E-state index in [9.17, 15) is 25.0 Å². The molecule has 0 unspecified atom stereocenters. The first-order valence-corrected chi connectivity index (χ1v) is 10.6. The van der Waals surface area contributed by atoms with Crippen molar-refractivity contribution in [1.82, 2.24) is 15.1 Å². The maximum absolute atomic E-state index is 12.6.